The highest BCUT2D eigenvalue weighted by Crippen LogP contribution is 2.24. The van der Waals surface area contributed by atoms with Crippen LogP contribution in [0.1, 0.15) is 22.5 Å². The van der Waals surface area contributed by atoms with E-state index in [1.54, 1.807) is 10.7 Å². The van der Waals surface area contributed by atoms with Gasteiger partial charge in [0.25, 0.3) is 0 Å². The molecule has 0 saturated heterocycles. The molecule has 0 amide bonds. The van der Waals surface area contributed by atoms with Gasteiger partial charge in [0, 0.05) is 11.2 Å². The number of hydrogen-bond acceptors (Lipinski definition) is 3. The van der Waals surface area contributed by atoms with E-state index in [0.717, 1.165) is 32.7 Å². The number of benzene rings is 2. The van der Waals surface area contributed by atoms with E-state index < -0.39 is 0 Å². The normalized spacial score (nSPS) is 10.9. The maximum atomic E-state index is 13.5. The lowest BCUT2D eigenvalue weighted by Crippen LogP contribution is -2.20. The van der Waals surface area contributed by atoms with Crippen LogP contribution in [-0.2, 0) is 13.1 Å². The molecule has 0 atom stereocenters. The Bertz CT molecular complexity index is 1320. The average molecular weight is 548 g/mol. The van der Waals surface area contributed by atoms with E-state index in [0.29, 0.717) is 29.0 Å². The van der Waals surface area contributed by atoms with Crippen LogP contribution in [0.15, 0.2) is 59.2 Å². The van der Waals surface area contributed by atoms with Crippen molar-refractivity contribution >= 4 is 56.4 Å². The summed E-state index contributed by atoms with van der Waals surface area (Å²) in [5.41, 5.74) is 4.29. The topological polar surface area (TPSA) is 59.7 Å². The highest BCUT2D eigenvalue weighted by Gasteiger charge is 2.15. The summed E-state index contributed by atoms with van der Waals surface area (Å²) in [4.78, 5) is 0. The van der Waals surface area contributed by atoms with Crippen LogP contribution in [0.5, 0.6) is 0 Å². The van der Waals surface area contributed by atoms with Crippen molar-refractivity contribution in [1.29, 1.82) is 0 Å². The molecule has 4 aromatic rings. The number of nitrogens with one attached hydrogen (secondary N) is 2. The molecule has 2 heterocycles. The minimum atomic E-state index is -0.266. The zero-order chi connectivity index (χ0) is 23.5. The van der Waals surface area contributed by atoms with Gasteiger partial charge in [-0.25, -0.2) is 4.39 Å². The molecule has 0 spiro atoms. The quantitative estimate of drug-likeness (QED) is 0.283. The molecule has 0 fully saturated rings. The molecule has 33 heavy (non-hydrogen) atoms. The van der Waals surface area contributed by atoms with E-state index in [1.807, 2.05) is 55.1 Å². The fraction of sp³-hybridized carbons (Fsp3) is 0.174. The monoisotopic (exact) mass is 546 g/mol. The molecular formula is C23H21BrClFN6S. The molecule has 170 valence electrons. The number of thiocarbonyl (C=S) groups is 1. The summed E-state index contributed by atoms with van der Waals surface area (Å²) in [5.74, 6) is 0.319. The largest absolute Gasteiger partial charge is 0.329 e. The summed E-state index contributed by atoms with van der Waals surface area (Å²) in [6, 6.07) is 14.1. The first-order chi connectivity index (χ1) is 15.8. The third-order valence-electron chi connectivity index (χ3n) is 5.08. The van der Waals surface area contributed by atoms with Gasteiger partial charge in [0.05, 0.1) is 34.6 Å². The predicted molar refractivity (Wildman–Crippen MR) is 138 cm³/mol. The second kappa shape index (κ2) is 10.0. The lowest BCUT2D eigenvalue weighted by molar-refractivity contribution is 0.616. The van der Waals surface area contributed by atoms with Gasteiger partial charge in [-0.1, -0.05) is 41.9 Å². The summed E-state index contributed by atoms with van der Waals surface area (Å²) < 4.78 is 17.9. The van der Waals surface area contributed by atoms with Gasteiger partial charge in [-0.2, -0.15) is 10.2 Å². The van der Waals surface area contributed by atoms with E-state index in [4.69, 9.17) is 23.8 Å². The molecule has 6 nitrogen and oxygen atoms in total. The molecule has 0 aliphatic carbocycles. The van der Waals surface area contributed by atoms with Crippen LogP contribution in [0, 0.1) is 19.7 Å². The van der Waals surface area contributed by atoms with Gasteiger partial charge >= 0.3 is 0 Å². The molecule has 2 N–H and O–H groups in total. The molecule has 2 aromatic heterocycles. The zero-order valence-electron chi connectivity index (χ0n) is 17.9. The van der Waals surface area contributed by atoms with Crippen molar-refractivity contribution in [3.8, 4) is 0 Å². The van der Waals surface area contributed by atoms with Gasteiger partial charge in [-0.05, 0) is 71.3 Å². The number of hydrogen-bond donors (Lipinski definition) is 2. The van der Waals surface area contributed by atoms with E-state index >= 15 is 0 Å². The molecule has 0 aliphatic heterocycles. The van der Waals surface area contributed by atoms with Crippen LogP contribution in [-0.4, -0.2) is 24.7 Å². The first kappa shape index (κ1) is 23.4. The SMILES string of the molecule is Cc1nn(Cc2cccc(F)c2)c(C)c1NC(=S)Nc1nn(Cc2ccccc2Cl)cc1Br. The van der Waals surface area contributed by atoms with Crippen LogP contribution >= 0.6 is 39.7 Å². The first-order valence-electron chi connectivity index (χ1n) is 10.1. The number of rotatable bonds is 6. The van der Waals surface area contributed by atoms with Crippen molar-refractivity contribution in [2.75, 3.05) is 10.6 Å². The van der Waals surface area contributed by atoms with Crippen molar-refractivity contribution in [2.45, 2.75) is 26.9 Å². The van der Waals surface area contributed by atoms with Gasteiger partial charge in [0.1, 0.15) is 5.82 Å². The van der Waals surface area contributed by atoms with Crippen LogP contribution in [0.4, 0.5) is 15.9 Å². The smallest absolute Gasteiger partial charge is 0.176 e. The molecule has 2 aromatic carbocycles. The summed E-state index contributed by atoms with van der Waals surface area (Å²) in [6.07, 6.45) is 1.86. The molecule has 0 saturated carbocycles. The van der Waals surface area contributed by atoms with Gasteiger partial charge in [-0.3, -0.25) is 9.36 Å². The Morgan fingerprint density at radius 2 is 1.88 bits per heavy atom. The molecule has 0 radical (unpaired) electrons. The van der Waals surface area contributed by atoms with Gasteiger partial charge in [0.15, 0.2) is 10.9 Å². The fourth-order valence-electron chi connectivity index (χ4n) is 3.46. The maximum absolute atomic E-state index is 13.5. The number of halogens is 3. The summed E-state index contributed by atoms with van der Waals surface area (Å²) in [7, 11) is 0. The number of aromatic nitrogens is 4. The van der Waals surface area contributed by atoms with E-state index in [-0.39, 0.29) is 5.82 Å². The first-order valence-corrected chi connectivity index (χ1v) is 11.7. The van der Waals surface area contributed by atoms with Gasteiger partial charge < -0.3 is 10.6 Å². The zero-order valence-corrected chi connectivity index (χ0v) is 21.1. The van der Waals surface area contributed by atoms with E-state index in [9.17, 15) is 4.39 Å². The van der Waals surface area contributed by atoms with E-state index in [1.165, 1.54) is 12.1 Å². The van der Waals surface area contributed by atoms with Crippen LogP contribution < -0.4 is 10.6 Å². The van der Waals surface area contributed by atoms with Crippen molar-refractivity contribution < 1.29 is 4.39 Å². The molecule has 0 bridgehead atoms. The van der Waals surface area contributed by atoms with Crippen molar-refractivity contribution in [2.24, 2.45) is 0 Å². The Kier molecular flexibility index (Phi) is 7.11. The van der Waals surface area contributed by atoms with Gasteiger partial charge in [0.2, 0.25) is 0 Å². The number of aryl methyl sites for hydroxylation is 1. The Balaban J connectivity index is 1.44. The molecule has 10 heteroatoms. The highest BCUT2D eigenvalue weighted by molar-refractivity contribution is 9.10. The standard InChI is InChI=1S/C23H21BrClFN6S/c1-14-21(15(2)32(29-14)11-16-6-5-8-18(26)10-16)27-23(33)28-22-19(24)13-31(30-22)12-17-7-3-4-9-20(17)25/h3-10,13H,11-12H2,1-2H3,(H2,27,28,30,33). The minimum absolute atomic E-state index is 0.266. The van der Waals surface area contributed by atoms with Crippen LogP contribution in [0.25, 0.3) is 0 Å². The Morgan fingerprint density at radius 3 is 2.64 bits per heavy atom. The Hall–Kier alpha value is -2.75. The van der Waals surface area contributed by atoms with Gasteiger partial charge in [-0.15, -0.1) is 0 Å². The van der Waals surface area contributed by atoms with Crippen molar-refractivity contribution in [1.82, 2.24) is 19.6 Å². The van der Waals surface area contributed by atoms with Crippen molar-refractivity contribution in [3.05, 3.63) is 92.6 Å². The van der Waals surface area contributed by atoms with Crippen LogP contribution in [0.2, 0.25) is 5.02 Å². The second-order valence-corrected chi connectivity index (χ2v) is 9.20. The lowest BCUT2D eigenvalue weighted by Gasteiger charge is -2.10. The Labute approximate surface area is 209 Å². The third kappa shape index (κ3) is 5.61. The molecule has 4 rings (SSSR count). The fourth-order valence-corrected chi connectivity index (χ4v) is 4.27. The summed E-state index contributed by atoms with van der Waals surface area (Å²) in [6.45, 7) is 4.84. The average Bonchev–Trinajstić information content (AvgIpc) is 3.23. The Morgan fingerprint density at radius 1 is 1.09 bits per heavy atom. The minimum Gasteiger partial charge on any atom is -0.329 e. The molecule has 0 unspecified atom stereocenters. The van der Waals surface area contributed by atoms with Crippen molar-refractivity contribution in [3.63, 3.8) is 0 Å². The lowest BCUT2D eigenvalue weighted by atomic mass is 10.2. The summed E-state index contributed by atoms with van der Waals surface area (Å²) in [5, 5.41) is 16.5. The number of nitrogens with zero attached hydrogens (tertiary/aromatic N) is 4. The van der Waals surface area contributed by atoms with Crippen LogP contribution in [0.3, 0.4) is 0 Å². The third-order valence-corrected chi connectivity index (χ3v) is 6.23. The highest BCUT2D eigenvalue weighted by atomic mass is 79.9. The second-order valence-electron chi connectivity index (χ2n) is 7.53. The van der Waals surface area contributed by atoms with E-state index in [2.05, 4.69) is 36.8 Å². The molecule has 0 aliphatic rings. The predicted octanol–water partition coefficient (Wildman–Crippen LogP) is 6.16. The molecular weight excluding hydrogens is 527 g/mol. The maximum Gasteiger partial charge on any atom is 0.176 e. The number of anilines is 2. The summed E-state index contributed by atoms with van der Waals surface area (Å²) >= 11 is 15.3.